The van der Waals surface area contributed by atoms with Crippen LogP contribution in [0.5, 0.6) is 0 Å². The number of hydrogen-bond donors (Lipinski definition) is 3. The summed E-state index contributed by atoms with van der Waals surface area (Å²) >= 11 is 0. The number of urea groups is 1. The number of nitrogens with two attached hydrogens (primary N) is 1. The molecule has 5 saturated heterocycles. The maximum absolute atomic E-state index is 13.3. The lowest BCUT2D eigenvalue weighted by atomic mass is 9.92. The average Bonchev–Trinajstić information content (AvgIpc) is 3.75. The van der Waals surface area contributed by atoms with Crippen LogP contribution in [0.15, 0.2) is 48.7 Å². The molecule has 7 heterocycles. The van der Waals surface area contributed by atoms with Crippen LogP contribution in [-0.4, -0.2) is 156 Å². The summed E-state index contributed by atoms with van der Waals surface area (Å²) in [6, 6.07) is 12.7. The smallest absolute Gasteiger partial charge is 0.320 e. The summed E-state index contributed by atoms with van der Waals surface area (Å²) < 4.78 is 0. The van der Waals surface area contributed by atoms with Crippen LogP contribution in [-0.2, 0) is 9.59 Å². The molecular weight excluding hydrogens is 793 g/mol. The second kappa shape index (κ2) is 17.2. The molecule has 2 atom stereocenters. The number of fused-ring (bicyclic) bond motifs is 1. The van der Waals surface area contributed by atoms with Crippen molar-refractivity contribution in [3.05, 3.63) is 65.5 Å². The largest absolute Gasteiger partial charge is 0.371 e. The highest BCUT2D eigenvalue weighted by atomic mass is 16.2. The number of nitrogens with one attached hydrogen (secondary N) is 2. The molecule has 3 aromatic rings. The molecule has 0 aliphatic carbocycles. The zero-order chi connectivity index (χ0) is 43.1. The van der Waals surface area contributed by atoms with Crippen LogP contribution < -0.4 is 31.1 Å². The number of likely N-dealkylation sites (N-methyl/N-ethyl adjacent to an activating group) is 1. The second-order valence-corrected chi connectivity index (χ2v) is 17.3. The van der Waals surface area contributed by atoms with Gasteiger partial charge < -0.3 is 35.6 Å². The Kier molecular flexibility index (Phi) is 11.4. The number of hydrogen-bond acceptors (Lipinski definition) is 13. The molecule has 6 aliphatic heterocycles. The van der Waals surface area contributed by atoms with Crippen molar-refractivity contribution in [2.24, 2.45) is 11.7 Å². The first-order valence-electron chi connectivity index (χ1n) is 21.9. The van der Waals surface area contributed by atoms with Crippen molar-refractivity contribution in [3.63, 3.8) is 0 Å². The van der Waals surface area contributed by atoms with Crippen molar-refractivity contribution in [2.45, 2.75) is 57.0 Å². The van der Waals surface area contributed by atoms with E-state index in [0.29, 0.717) is 35.2 Å². The number of rotatable bonds is 11. The highest BCUT2D eigenvalue weighted by Gasteiger charge is 2.45. The van der Waals surface area contributed by atoms with Crippen molar-refractivity contribution >= 4 is 64.3 Å². The number of piperidine rings is 3. The van der Waals surface area contributed by atoms with Crippen molar-refractivity contribution < 1.29 is 28.8 Å². The molecule has 4 N–H and O–H groups in total. The maximum atomic E-state index is 13.3. The predicted molar refractivity (Wildman–Crippen MR) is 232 cm³/mol. The molecule has 2 aromatic carbocycles. The normalized spacial score (nSPS) is 22.8. The van der Waals surface area contributed by atoms with Gasteiger partial charge in [-0.3, -0.25) is 39.1 Å². The number of anilines is 5. The highest BCUT2D eigenvalue weighted by molar-refractivity contribution is 6.23. The Morgan fingerprint density at radius 3 is 2.24 bits per heavy atom. The third-order valence-corrected chi connectivity index (χ3v) is 13.5. The van der Waals surface area contributed by atoms with E-state index in [0.717, 1.165) is 120 Å². The van der Waals surface area contributed by atoms with Gasteiger partial charge in [0.25, 0.3) is 17.7 Å². The van der Waals surface area contributed by atoms with Crippen LogP contribution in [0.2, 0.25) is 0 Å². The topological polar surface area (TPSA) is 201 Å². The number of carbonyl (C=O) groups is 6. The van der Waals surface area contributed by atoms with Crippen molar-refractivity contribution in [1.29, 1.82) is 0 Å². The number of piperazine rings is 1. The van der Waals surface area contributed by atoms with Gasteiger partial charge in [-0.15, -0.1) is 0 Å². The zero-order valence-electron chi connectivity index (χ0n) is 35.1. The van der Waals surface area contributed by atoms with E-state index >= 15 is 0 Å². The predicted octanol–water partition coefficient (Wildman–Crippen LogP) is 2.49. The third kappa shape index (κ3) is 8.22. The van der Waals surface area contributed by atoms with E-state index in [1.54, 1.807) is 23.2 Å². The summed E-state index contributed by atoms with van der Waals surface area (Å²) in [6.45, 7) is 9.43. The molecule has 1 unspecified atom stereocenters. The summed E-state index contributed by atoms with van der Waals surface area (Å²) in [5, 5.41) is 5.54. The Bertz CT molecular complexity index is 2260. The number of nitrogens with zero attached hydrogens (tertiary/aromatic N) is 9. The molecule has 62 heavy (non-hydrogen) atoms. The fourth-order valence-corrected chi connectivity index (χ4v) is 9.85. The van der Waals surface area contributed by atoms with Gasteiger partial charge in [0.15, 0.2) is 11.5 Å². The highest BCUT2D eigenvalue weighted by Crippen LogP contribution is 2.33. The number of carbonyl (C=O) groups excluding carboxylic acids is 6. The lowest BCUT2D eigenvalue weighted by Crippen LogP contribution is -2.54. The number of benzene rings is 2. The fraction of sp³-hybridized carbons (Fsp3) is 0.500. The van der Waals surface area contributed by atoms with Crippen LogP contribution >= 0.6 is 0 Å². The van der Waals surface area contributed by atoms with Gasteiger partial charge in [-0.05, 0) is 93.5 Å². The number of primary amides is 1. The summed E-state index contributed by atoms with van der Waals surface area (Å²) in [6.07, 6.45) is 6.88. The molecule has 326 valence electrons. The van der Waals surface area contributed by atoms with Crippen LogP contribution in [0.1, 0.15) is 76.2 Å². The molecule has 18 heteroatoms. The molecule has 0 spiro atoms. The summed E-state index contributed by atoms with van der Waals surface area (Å²) in [5.74, 6) is -1.08. The van der Waals surface area contributed by atoms with Gasteiger partial charge in [0.2, 0.25) is 11.8 Å². The molecule has 18 nitrogen and oxygen atoms in total. The van der Waals surface area contributed by atoms with Gasteiger partial charge in [-0.2, -0.15) is 0 Å². The number of amides is 7. The summed E-state index contributed by atoms with van der Waals surface area (Å²) in [7, 11) is 1.83. The Morgan fingerprint density at radius 1 is 0.806 bits per heavy atom. The lowest BCUT2D eigenvalue weighted by molar-refractivity contribution is -0.136. The molecule has 5 fully saturated rings. The molecule has 0 radical (unpaired) electrons. The Balaban J connectivity index is 0.734. The van der Waals surface area contributed by atoms with Gasteiger partial charge in [0, 0.05) is 96.0 Å². The van der Waals surface area contributed by atoms with Crippen molar-refractivity contribution in [2.75, 3.05) is 99.1 Å². The SMILES string of the molecule is CN1CCN([C@@H]2CCCN(c3cnc(C(N)=O)c(Nc4ccc(N5CCN(CCC6CCN(c7ccc8c(c7)C(=O)N(C7CCC(=O)NC7=O)C8=O)CC6)CC5)cc4)n3)C2)C1=O. The quantitative estimate of drug-likeness (QED) is 0.238. The summed E-state index contributed by atoms with van der Waals surface area (Å²) in [5.41, 5.74) is 9.20. The second-order valence-electron chi connectivity index (χ2n) is 17.3. The number of imide groups is 2. The monoisotopic (exact) mass is 846 g/mol. The molecular formula is C44H54N12O6. The fourth-order valence-electron chi connectivity index (χ4n) is 9.85. The molecule has 6 aliphatic rings. The van der Waals surface area contributed by atoms with Gasteiger partial charge in [-0.1, -0.05) is 0 Å². The molecule has 9 rings (SSSR count). The van der Waals surface area contributed by atoms with Gasteiger partial charge in [0.05, 0.1) is 23.4 Å². The minimum absolute atomic E-state index is 0.0607. The zero-order valence-corrected chi connectivity index (χ0v) is 35.1. The van der Waals surface area contributed by atoms with Crippen LogP contribution in [0.3, 0.4) is 0 Å². The average molecular weight is 847 g/mol. The van der Waals surface area contributed by atoms with Gasteiger partial charge in [0.1, 0.15) is 11.9 Å². The lowest BCUT2D eigenvalue weighted by Gasteiger charge is -2.38. The van der Waals surface area contributed by atoms with Crippen molar-refractivity contribution in [3.8, 4) is 0 Å². The maximum Gasteiger partial charge on any atom is 0.320 e. The summed E-state index contributed by atoms with van der Waals surface area (Å²) in [4.78, 5) is 98.9. The van der Waals surface area contributed by atoms with Crippen LogP contribution in [0, 0.1) is 5.92 Å². The number of aromatic nitrogens is 2. The molecule has 1 aromatic heterocycles. The molecule has 7 amide bonds. The van der Waals surface area contributed by atoms with Crippen molar-refractivity contribution in [1.82, 2.24) is 34.9 Å². The standard InChI is InChI=1S/C44H54N12O6/c1-50-19-24-55(44(50)62)32-3-2-15-54(27-32)36-26-46-38(39(45)58)40(48-36)47-29-4-6-30(7-5-29)53-22-20-51(21-23-53)16-12-28-13-17-52(18-14-28)31-8-9-33-34(25-31)43(61)56(42(33)60)35-10-11-37(57)49-41(35)59/h4-9,25-26,28,32,35H,2-3,10-24,27H2,1H3,(H2,45,58)(H,47,48)(H,49,57,59)/t32-,35?/m1/s1. The molecule has 0 saturated carbocycles. The molecule has 0 bridgehead atoms. The minimum atomic E-state index is -0.971. The Labute approximate surface area is 360 Å². The van der Waals surface area contributed by atoms with E-state index in [2.05, 4.69) is 47.3 Å². The van der Waals surface area contributed by atoms with E-state index in [1.807, 2.05) is 30.1 Å². The first-order valence-corrected chi connectivity index (χ1v) is 21.9. The first-order chi connectivity index (χ1) is 30.0. The minimum Gasteiger partial charge on any atom is -0.371 e. The Morgan fingerprint density at radius 2 is 1.53 bits per heavy atom. The van der Waals surface area contributed by atoms with Crippen LogP contribution in [0.4, 0.5) is 33.5 Å². The van der Waals surface area contributed by atoms with Crippen LogP contribution in [0.25, 0.3) is 0 Å². The van der Waals surface area contributed by atoms with Gasteiger partial charge >= 0.3 is 6.03 Å². The first kappa shape index (κ1) is 41.1. The van der Waals surface area contributed by atoms with E-state index in [-0.39, 0.29) is 30.6 Å². The Hall–Kier alpha value is -6.30. The van der Waals surface area contributed by atoms with E-state index in [1.165, 1.54) is 0 Å². The third-order valence-electron chi connectivity index (χ3n) is 13.5. The van der Waals surface area contributed by atoms with E-state index in [9.17, 15) is 28.8 Å². The van der Waals surface area contributed by atoms with E-state index in [4.69, 9.17) is 10.7 Å². The van der Waals surface area contributed by atoms with Gasteiger partial charge in [-0.25, -0.2) is 14.8 Å². The van der Waals surface area contributed by atoms with E-state index < -0.39 is 35.6 Å².